The molecule has 1 saturated carbocycles. The molecule has 12 heteroatoms. The fourth-order valence-corrected chi connectivity index (χ4v) is 7.34. The van der Waals surface area contributed by atoms with Crippen LogP contribution in [0.5, 0.6) is 0 Å². The van der Waals surface area contributed by atoms with E-state index < -0.39 is 43.9 Å². The fourth-order valence-electron chi connectivity index (χ4n) is 4.82. The van der Waals surface area contributed by atoms with Gasteiger partial charge in [-0.25, -0.2) is 8.42 Å². The number of fused-ring (bicyclic) bond motifs is 1. The summed E-state index contributed by atoms with van der Waals surface area (Å²) in [5, 5.41) is 35.5. The second kappa shape index (κ2) is 9.55. The molecule has 0 saturated heterocycles. The van der Waals surface area contributed by atoms with Crippen LogP contribution in [0.3, 0.4) is 0 Å². The van der Waals surface area contributed by atoms with E-state index in [2.05, 4.69) is 10.4 Å². The van der Waals surface area contributed by atoms with E-state index >= 15 is 0 Å². The minimum atomic E-state index is -3.90. The number of aromatic nitrogens is 2. The van der Waals surface area contributed by atoms with E-state index in [4.69, 9.17) is 5.26 Å². The lowest BCUT2D eigenvalue weighted by Gasteiger charge is -2.36. The largest absolute Gasteiger partial charge is 0.394 e. The highest BCUT2D eigenvalue weighted by Crippen LogP contribution is 2.50. The molecule has 0 spiro atoms. The monoisotopic (exact) mass is 529 g/mol. The standard InChI is InChI=1S/C25H31N5O6S/c1-24(2,19(32)14-31)37(35,36)25(9-10-25)15-30-11-8-18-20(28-29(3)21(18)23(30)34)22(33)27-13-17-6-4-16(12-26)5-7-17/h4-7,19,31-32H,8-11,13-15H2,1-3H3,(H,27,33). The molecule has 1 aliphatic heterocycles. The molecule has 1 aliphatic carbocycles. The first kappa shape index (κ1) is 26.8. The number of benzene rings is 1. The minimum absolute atomic E-state index is 0.0272. The molecular formula is C25H31N5O6S. The Morgan fingerprint density at radius 3 is 2.51 bits per heavy atom. The van der Waals surface area contributed by atoms with E-state index in [1.807, 2.05) is 6.07 Å². The summed E-state index contributed by atoms with van der Waals surface area (Å²) >= 11 is 0. The summed E-state index contributed by atoms with van der Waals surface area (Å²) in [6, 6.07) is 8.86. The Kier molecular flexibility index (Phi) is 6.92. The molecular weight excluding hydrogens is 498 g/mol. The molecule has 1 atom stereocenters. The van der Waals surface area contributed by atoms with Crippen molar-refractivity contribution in [2.75, 3.05) is 19.7 Å². The summed E-state index contributed by atoms with van der Waals surface area (Å²) < 4.78 is 25.5. The molecule has 2 aromatic rings. The van der Waals surface area contributed by atoms with Crippen molar-refractivity contribution in [3.63, 3.8) is 0 Å². The van der Waals surface area contributed by atoms with Gasteiger partial charge in [-0.3, -0.25) is 14.3 Å². The maximum absolute atomic E-state index is 13.5. The van der Waals surface area contributed by atoms with Crippen molar-refractivity contribution in [2.45, 2.75) is 55.3 Å². The normalized spacial score (nSPS) is 17.6. The van der Waals surface area contributed by atoms with Crippen molar-refractivity contribution in [2.24, 2.45) is 7.05 Å². The van der Waals surface area contributed by atoms with E-state index in [1.165, 1.54) is 23.4 Å². The zero-order valence-electron chi connectivity index (χ0n) is 21.1. The molecule has 1 aromatic heterocycles. The number of carbonyl (C=O) groups is 2. The third-order valence-corrected chi connectivity index (χ3v) is 10.9. The van der Waals surface area contributed by atoms with Gasteiger partial charge in [0.1, 0.15) is 5.69 Å². The molecule has 4 rings (SSSR count). The number of nitriles is 1. The van der Waals surface area contributed by atoms with Crippen molar-refractivity contribution >= 4 is 21.7 Å². The van der Waals surface area contributed by atoms with Crippen LogP contribution in [0.2, 0.25) is 0 Å². The summed E-state index contributed by atoms with van der Waals surface area (Å²) in [7, 11) is -2.33. The smallest absolute Gasteiger partial charge is 0.272 e. The molecule has 11 nitrogen and oxygen atoms in total. The number of amides is 2. The van der Waals surface area contributed by atoms with Gasteiger partial charge in [0.2, 0.25) is 0 Å². The number of carbonyl (C=O) groups excluding carboxylic acids is 2. The zero-order chi connectivity index (χ0) is 27.2. The van der Waals surface area contributed by atoms with Crippen LogP contribution < -0.4 is 5.32 Å². The highest BCUT2D eigenvalue weighted by atomic mass is 32.2. The lowest BCUT2D eigenvalue weighted by atomic mass is 10.0. The zero-order valence-corrected chi connectivity index (χ0v) is 21.9. The van der Waals surface area contributed by atoms with Gasteiger partial charge in [0, 0.05) is 32.2 Å². The Balaban J connectivity index is 1.50. The number of aryl methyl sites for hydroxylation is 1. The van der Waals surface area contributed by atoms with Crippen LogP contribution in [0.15, 0.2) is 24.3 Å². The second-order valence-electron chi connectivity index (χ2n) is 10.3. The minimum Gasteiger partial charge on any atom is -0.394 e. The van der Waals surface area contributed by atoms with Gasteiger partial charge in [-0.1, -0.05) is 12.1 Å². The topological polar surface area (TPSA) is 166 Å². The molecule has 2 heterocycles. The third-order valence-electron chi connectivity index (χ3n) is 7.54. The first-order valence-electron chi connectivity index (χ1n) is 12.0. The first-order chi connectivity index (χ1) is 17.4. The van der Waals surface area contributed by atoms with Crippen LogP contribution >= 0.6 is 0 Å². The van der Waals surface area contributed by atoms with Crippen LogP contribution in [0.25, 0.3) is 0 Å². The summed E-state index contributed by atoms with van der Waals surface area (Å²) in [5.74, 6) is -0.826. The molecule has 37 heavy (non-hydrogen) atoms. The van der Waals surface area contributed by atoms with Gasteiger partial charge in [0.25, 0.3) is 11.8 Å². The summed E-state index contributed by atoms with van der Waals surface area (Å²) in [5.41, 5.74) is 2.25. The van der Waals surface area contributed by atoms with Gasteiger partial charge in [0.15, 0.2) is 15.5 Å². The Hall–Kier alpha value is -3.27. The number of hydrogen-bond acceptors (Lipinski definition) is 8. The summed E-state index contributed by atoms with van der Waals surface area (Å²) in [6.07, 6.45) is -0.377. The van der Waals surface area contributed by atoms with Crippen LogP contribution in [-0.4, -0.2) is 80.4 Å². The van der Waals surface area contributed by atoms with E-state index in [0.717, 1.165) is 5.56 Å². The number of rotatable bonds is 9. The quantitative estimate of drug-likeness (QED) is 0.417. The Morgan fingerprint density at radius 1 is 1.30 bits per heavy atom. The van der Waals surface area contributed by atoms with E-state index in [0.29, 0.717) is 30.4 Å². The Labute approximate surface area is 215 Å². The van der Waals surface area contributed by atoms with Crippen LogP contribution in [0.1, 0.15) is 64.4 Å². The molecule has 198 valence electrons. The lowest BCUT2D eigenvalue weighted by molar-refractivity contribution is 0.0673. The number of aliphatic hydroxyl groups excluding tert-OH is 2. The molecule has 2 amide bonds. The Bertz CT molecular complexity index is 1370. The van der Waals surface area contributed by atoms with Crippen molar-refractivity contribution < 1.29 is 28.2 Å². The molecule has 1 unspecified atom stereocenters. The van der Waals surface area contributed by atoms with E-state index in [-0.39, 0.29) is 31.0 Å². The van der Waals surface area contributed by atoms with Gasteiger partial charge in [0.05, 0.1) is 33.8 Å². The van der Waals surface area contributed by atoms with Crippen LogP contribution in [0.4, 0.5) is 0 Å². The average molecular weight is 530 g/mol. The maximum Gasteiger partial charge on any atom is 0.272 e. The van der Waals surface area contributed by atoms with Crippen molar-refractivity contribution in [3.8, 4) is 6.07 Å². The van der Waals surface area contributed by atoms with E-state index in [9.17, 15) is 28.2 Å². The van der Waals surface area contributed by atoms with Crippen molar-refractivity contribution in [1.29, 1.82) is 5.26 Å². The van der Waals surface area contributed by atoms with Crippen molar-refractivity contribution in [1.82, 2.24) is 20.0 Å². The van der Waals surface area contributed by atoms with Gasteiger partial charge < -0.3 is 20.4 Å². The van der Waals surface area contributed by atoms with Gasteiger partial charge >= 0.3 is 0 Å². The van der Waals surface area contributed by atoms with Crippen LogP contribution in [-0.2, 0) is 29.9 Å². The maximum atomic E-state index is 13.5. The Morgan fingerprint density at radius 2 is 1.95 bits per heavy atom. The number of sulfone groups is 1. The molecule has 1 aromatic carbocycles. The molecule has 1 fully saturated rings. The van der Waals surface area contributed by atoms with Gasteiger partial charge in [-0.2, -0.15) is 10.4 Å². The predicted molar refractivity (Wildman–Crippen MR) is 133 cm³/mol. The predicted octanol–water partition coefficient (Wildman–Crippen LogP) is 0.299. The summed E-state index contributed by atoms with van der Waals surface area (Å²) in [6.45, 7) is 2.53. The summed E-state index contributed by atoms with van der Waals surface area (Å²) in [4.78, 5) is 27.8. The van der Waals surface area contributed by atoms with E-state index in [1.54, 1.807) is 31.3 Å². The number of nitrogens with zero attached hydrogens (tertiary/aromatic N) is 4. The highest BCUT2D eigenvalue weighted by Gasteiger charge is 2.62. The molecule has 2 aliphatic rings. The third kappa shape index (κ3) is 4.52. The molecule has 3 N–H and O–H groups in total. The van der Waals surface area contributed by atoms with Crippen LogP contribution in [0, 0.1) is 11.3 Å². The number of aliphatic hydroxyl groups is 2. The lowest BCUT2D eigenvalue weighted by Crippen LogP contribution is -2.55. The van der Waals surface area contributed by atoms with Crippen molar-refractivity contribution in [3.05, 3.63) is 52.3 Å². The first-order valence-corrected chi connectivity index (χ1v) is 13.5. The molecule has 0 radical (unpaired) electrons. The van der Waals surface area contributed by atoms with Gasteiger partial charge in [-0.05, 0) is 50.8 Å². The average Bonchev–Trinajstić information content (AvgIpc) is 3.60. The SMILES string of the molecule is Cn1nc(C(=O)NCc2ccc(C#N)cc2)c2c1C(=O)N(CC1(S(=O)(=O)C(C)(C)C(O)CO)CC1)CC2. The second-order valence-corrected chi connectivity index (χ2v) is 13.2. The number of nitrogens with one attached hydrogen (secondary N) is 1. The molecule has 0 bridgehead atoms. The van der Waals surface area contributed by atoms with Gasteiger partial charge in [-0.15, -0.1) is 0 Å². The number of hydrogen-bond donors (Lipinski definition) is 3. The fraction of sp³-hybridized carbons (Fsp3) is 0.520. The highest BCUT2D eigenvalue weighted by molar-refractivity contribution is 7.94.